The van der Waals surface area contributed by atoms with Gasteiger partial charge in [0.15, 0.2) is 4.77 Å². The molecule has 1 atom stereocenters. The van der Waals surface area contributed by atoms with Crippen LogP contribution in [0.2, 0.25) is 0 Å². The number of nitrogens with one attached hydrogen (secondary N) is 1. The molecule has 18 heavy (non-hydrogen) atoms. The van der Waals surface area contributed by atoms with E-state index in [1.54, 1.807) is 7.11 Å². The number of nitrogens with zero attached hydrogens (tertiary/aromatic N) is 1. The molecule has 1 heterocycles. The lowest BCUT2D eigenvalue weighted by molar-refractivity contribution is 0.370. The molecule has 0 radical (unpaired) electrons. The van der Waals surface area contributed by atoms with E-state index < -0.39 is 0 Å². The molecule has 0 aliphatic heterocycles. The number of fused-ring (bicyclic) bond motifs is 1. The minimum absolute atomic E-state index is 0.415. The van der Waals surface area contributed by atoms with E-state index in [1.165, 1.54) is 0 Å². The molecule has 3 nitrogen and oxygen atoms in total. The Hall–Kier alpha value is -1.29. The molecule has 4 heteroatoms. The summed E-state index contributed by atoms with van der Waals surface area (Å²) in [7, 11) is 1.68. The summed E-state index contributed by atoms with van der Waals surface area (Å²) in [6.45, 7) is 6.66. The molecule has 1 aromatic heterocycles. The zero-order chi connectivity index (χ0) is 13.3. The lowest BCUT2D eigenvalue weighted by Crippen LogP contribution is -2.14. The van der Waals surface area contributed by atoms with Crippen molar-refractivity contribution in [3.63, 3.8) is 0 Å². The number of para-hydroxylation sites is 1. The van der Waals surface area contributed by atoms with Crippen LogP contribution >= 0.6 is 12.2 Å². The average Bonchev–Trinajstić information content (AvgIpc) is 2.67. The topological polar surface area (TPSA) is 29.9 Å². The van der Waals surface area contributed by atoms with Crippen molar-refractivity contribution in [2.24, 2.45) is 5.92 Å². The van der Waals surface area contributed by atoms with E-state index in [1.807, 2.05) is 12.1 Å². The Kier molecular flexibility index (Phi) is 3.76. The lowest BCUT2D eigenvalue weighted by Gasteiger charge is -2.21. The summed E-state index contributed by atoms with van der Waals surface area (Å²) in [6.07, 6.45) is 1.07. The van der Waals surface area contributed by atoms with Crippen LogP contribution in [0.25, 0.3) is 11.0 Å². The third-order valence-corrected chi connectivity index (χ3v) is 3.75. The first-order valence-corrected chi connectivity index (χ1v) is 6.78. The molecule has 0 aliphatic carbocycles. The highest BCUT2D eigenvalue weighted by molar-refractivity contribution is 7.71. The van der Waals surface area contributed by atoms with Gasteiger partial charge in [-0.05, 0) is 36.7 Å². The predicted octanol–water partition coefficient (Wildman–Crippen LogP) is 4.31. The third-order valence-electron chi connectivity index (χ3n) is 3.45. The fraction of sp³-hybridized carbons (Fsp3) is 0.500. The molecule has 1 unspecified atom stereocenters. The molecular formula is C14H20N2OS. The van der Waals surface area contributed by atoms with Crippen LogP contribution in [0.15, 0.2) is 18.2 Å². The number of ether oxygens (including phenoxy) is 1. The fourth-order valence-electron chi connectivity index (χ4n) is 2.57. The summed E-state index contributed by atoms with van der Waals surface area (Å²) in [5.41, 5.74) is 2.11. The molecule has 0 amide bonds. The van der Waals surface area contributed by atoms with Crippen LogP contribution in [0.5, 0.6) is 5.75 Å². The molecule has 0 saturated heterocycles. The number of hydrogen-bond donors (Lipinski definition) is 1. The van der Waals surface area contributed by atoms with Crippen LogP contribution in [0, 0.1) is 10.7 Å². The second-order valence-corrected chi connectivity index (χ2v) is 5.26. The first kappa shape index (κ1) is 13.1. The highest BCUT2D eigenvalue weighted by Gasteiger charge is 2.18. The molecule has 0 fully saturated rings. The Morgan fingerprint density at radius 1 is 1.39 bits per heavy atom. The Labute approximate surface area is 113 Å². The van der Waals surface area contributed by atoms with Gasteiger partial charge in [0.05, 0.1) is 12.6 Å². The largest absolute Gasteiger partial charge is 0.494 e. The molecule has 1 N–H and O–H groups in total. The normalized spacial score (nSPS) is 13.2. The first-order chi connectivity index (χ1) is 8.60. The van der Waals surface area contributed by atoms with E-state index in [0.717, 1.165) is 28.0 Å². The SMILES string of the molecule is CCC(C(C)C)n1c(=S)[nH]c2c(OC)cccc21. The molecule has 0 aliphatic rings. The number of H-pyrrole nitrogens is 1. The molecule has 2 aromatic rings. The van der Waals surface area contributed by atoms with Gasteiger partial charge in [-0.15, -0.1) is 0 Å². The van der Waals surface area contributed by atoms with Gasteiger partial charge in [-0.25, -0.2) is 0 Å². The minimum atomic E-state index is 0.415. The number of aromatic nitrogens is 2. The summed E-state index contributed by atoms with van der Waals surface area (Å²) < 4.78 is 8.37. The van der Waals surface area contributed by atoms with Crippen molar-refractivity contribution >= 4 is 23.3 Å². The molecule has 0 saturated carbocycles. The predicted molar refractivity (Wildman–Crippen MR) is 77.8 cm³/mol. The maximum Gasteiger partial charge on any atom is 0.178 e. The Morgan fingerprint density at radius 3 is 2.67 bits per heavy atom. The Balaban J connectivity index is 2.71. The zero-order valence-corrected chi connectivity index (χ0v) is 12.2. The van der Waals surface area contributed by atoms with Crippen LogP contribution < -0.4 is 4.74 Å². The second-order valence-electron chi connectivity index (χ2n) is 4.87. The maximum absolute atomic E-state index is 5.47. The monoisotopic (exact) mass is 264 g/mol. The molecule has 98 valence electrons. The number of hydrogen-bond acceptors (Lipinski definition) is 2. The van der Waals surface area contributed by atoms with Crippen molar-refractivity contribution in [3.8, 4) is 5.75 Å². The van der Waals surface area contributed by atoms with Crippen LogP contribution in [-0.2, 0) is 0 Å². The smallest absolute Gasteiger partial charge is 0.178 e. The van der Waals surface area contributed by atoms with E-state index in [4.69, 9.17) is 17.0 Å². The van der Waals surface area contributed by atoms with Gasteiger partial charge in [-0.1, -0.05) is 26.8 Å². The number of rotatable bonds is 4. The van der Waals surface area contributed by atoms with E-state index in [9.17, 15) is 0 Å². The van der Waals surface area contributed by atoms with Crippen molar-refractivity contribution in [1.29, 1.82) is 0 Å². The van der Waals surface area contributed by atoms with Crippen LogP contribution in [0.3, 0.4) is 0 Å². The van der Waals surface area contributed by atoms with Gasteiger partial charge in [0.2, 0.25) is 0 Å². The average molecular weight is 264 g/mol. The number of methoxy groups -OCH3 is 1. The van der Waals surface area contributed by atoms with E-state index in [2.05, 4.69) is 36.4 Å². The molecule has 1 aromatic carbocycles. The molecule has 0 spiro atoms. The van der Waals surface area contributed by atoms with Crippen molar-refractivity contribution in [2.75, 3.05) is 7.11 Å². The van der Waals surface area contributed by atoms with Gasteiger partial charge in [-0.3, -0.25) is 0 Å². The van der Waals surface area contributed by atoms with Crippen LogP contribution in [-0.4, -0.2) is 16.7 Å². The summed E-state index contributed by atoms with van der Waals surface area (Å²) in [4.78, 5) is 3.27. The van der Waals surface area contributed by atoms with Gasteiger partial charge in [0.1, 0.15) is 11.3 Å². The van der Waals surface area contributed by atoms with E-state index in [0.29, 0.717) is 12.0 Å². The lowest BCUT2D eigenvalue weighted by atomic mass is 10.0. The third kappa shape index (κ3) is 2.05. The van der Waals surface area contributed by atoms with Gasteiger partial charge in [0, 0.05) is 6.04 Å². The van der Waals surface area contributed by atoms with Gasteiger partial charge >= 0.3 is 0 Å². The van der Waals surface area contributed by atoms with Crippen molar-refractivity contribution in [2.45, 2.75) is 33.2 Å². The van der Waals surface area contributed by atoms with Crippen LogP contribution in [0.1, 0.15) is 33.2 Å². The Morgan fingerprint density at radius 2 is 2.11 bits per heavy atom. The van der Waals surface area contributed by atoms with Gasteiger partial charge in [-0.2, -0.15) is 0 Å². The minimum Gasteiger partial charge on any atom is -0.494 e. The van der Waals surface area contributed by atoms with Gasteiger partial charge < -0.3 is 14.3 Å². The highest BCUT2D eigenvalue weighted by Crippen LogP contribution is 2.30. The van der Waals surface area contributed by atoms with Crippen molar-refractivity contribution < 1.29 is 4.74 Å². The number of aromatic amines is 1. The fourth-order valence-corrected chi connectivity index (χ4v) is 2.91. The summed E-state index contributed by atoms with van der Waals surface area (Å²) in [5, 5.41) is 0. The second kappa shape index (κ2) is 5.14. The Bertz CT molecular complexity index is 597. The van der Waals surface area contributed by atoms with E-state index >= 15 is 0 Å². The number of benzene rings is 1. The summed E-state index contributed by atoms with van der Waals surface area (Å²) in [5.74, 6) is 1.39. The molecule has 2 rings (SSSR count). The van der Waals surface area contributed by atoms with E-state index in [-0.39, 0.29) is 0 Å². The highest BCUT2D eigenvalue weighted by atomic mass is 32.1. The maximum atomic E-state index is 5.47. The summed E-state index contributed by atoms with van der Waals surface area (Å²) >= 11 is 5.47. The van der Waals surface area contributed by atoms with Crippen molar-refractivity contribution in [3.05, 3.63) is 23.0 Å². The van der Waals surface area contributed by atoms with Gasteiger partial charge in [0.25, 0.3) is 0 Å². The molecule has 0 bridgehead atoms. The first-order valence-electron chi connectivity index (χ1n) is 6.37. The molecular weight excluding hydrogens is 244 g/mol. The van der Waals surface area contributed by atoms with Crippen molar-refractivity contribution in [1.82, 2.24) is 9.55 Å². The van der Waals surface area contributed by atoms with Crippen LogP contribution in [0.4, 0.5) is 0 Å². The zero-order valence-electron chi connectivity index (χ0n) is 11.4. The quantitative estimate of drug-likeness (QED) is 0.834. The summed E-state index contributed by atoms with van der Waals surface area (Å²) in [6, 6.07) is 6.47. The number of imidazole rings is 1. The standard InChI is InChI=1S/C14H20N2OS/c1-5-10(9(2)3)16-11-7-6-8-12(17-4)13(11)15-14(16)18/h6-10H,5H2,1-4H3,(H,15,18).